The number of carbonyl (C=O) groups is 1. The zero-order valence-corrected chi connectivity index (χ0v) is 12.3. The van der Waals surface area contributed by atoms with Gasteiger partial charge in [-0.3, -0.25) is 28.8 Å². The van der Waals surface area contributed by atoms with Gasteiger partial charge in [0.25, 0.3) is 0 Å². The minimum Gasteiger partial charge on any atom is -0.449 e. The van der Waals surface area contributed by atoms with E-state index in [-0.39, 0.29) is 12.4 Å². The average Bonchev–Trinajstić information content (AvgIpc) is 3.06. The first-order chi connectivity index (χ1) is 11.5. The van der Waals surface area contributed by atoms with Crippen LogP contribution in [-0.2, 0) is 11.3 Å². The molecule has 2 heterocycles. The quantitative estimate of drug-likeness (QED) is 0.733. The molecule has 0 saturated carbocycles. The van der Waals surface area contributed by atoms with Crippen molar-refractivity contribution in [1.29, 1.82) is 0 Å². The highest BCUT2D eigenvalue weighted by Gasteiger charge is 2.11. The number of halogens is 1. The predicted molar refractivity (Wildman–Crippen MR) is 83.6 cm³/mol. The second-order valence-corrected chi connectivity index (χ2v) is 4.91. The molecule has 3 rings (SSSR count). The van der Waals surface area contributed by atoms with E-state index in [2.05, 4.69) is 5.32 Å². The maximum absolute atomic E-state index is 12.9. The van der Waals surface area contributed by atoms with E-state index < -0.39 is 22.8 Å². The molecule has 7 nitrogen and oxygen atoms in total. The van der Waals surface area contributed by atoms with Crippen LogP contribution < -0.4 is 16.4 Å². The molecule has 1 amide bonds. The summed E-state index contributed by atoms with van der Waals surface area (Å²) in [4.78, 5) is 36.1. The zero-order chi connectivity index (χ0) is 17.1. The van der Waals surface area contributed by atoms with E-state index in [0.29, 0.717) is 5.69 Å². The van der Waals surface area contributed by atoms with Crippen LogP contribution in [0.25, 0.3) is 5.69 Å². The largest absolute Gasteiger partial charge is 0.449 e. The third-order valence-electron chi connectivity index (χ3n) is 3.26. The summed E-state index contributed by atoms with van der Waals surface area (Å²) in [5.74, 6) is -0.714. The van der Waals surface area contributed by atoms with Crippen molar-refractivity contribution >= 4 is 11.8 Å². The SMILES string of the molecule is O=C(Cn1ccn(-c2ccc(F)cc2)c(=O)c1=O)Nc1ccco1. The molecule has 0 aliphatic heterocycles. The van der Waals surface area contributed by atoms with Gasteiger partial charge in [-0.1, -0.05) is 0 Å². The first kappa shape index (κ1) is 15.5. The van der Waals surface area contributed by atoms with Crippen molar-refractivity contribution in [3.8, 4) is 5.69 Å². The van der Waals surface area contributed by atoms with E-state index in [0.717, 1.165) is 9.13 Å². The number of nitrogens with one attached hydrogen (secondary N) is 1. The first-order valence-electron chi connectivity index (χ1n) is 6.96. The number of anilines is 1. The molecule has 0 aliphatic carbocycles. The van der Waals surface area contributed by atoms with Crippen LogP contribution in [0.3, 0.4) is 0 Å². The minimum absolute atomic E-state index is 0.243. The van der Waals surface area contributed by atoms with Crippen LogP contribution in [0.5, 0.6) is 0 Å². The Kier molecular flexibility index (Phi) is 4.11. The Hall–Kier alpha value is -3.42. The van der Waals surface area contributed by atoms with E-state index in [9.17, 15) is 18.8 Å². The van der Waals surface area contributed by atoms with Crippen molar-refractivity contribution < 1.29 is 13.6 Å². The zero-order valence-electron chi connectivity index (χ0n) is 12.3. The summed E-state index contributed by atoms with van der Waals surface area (Å²) in [7, 11) is 0. The van der Waals surface area contributed by atoms with Gasteiger partial charge in [0, 0.05) is 24.1 Å². The fraction of sp³-hybridized carbons (Fsp3) is 0.0625. The lowest BCUT2D eigenvalue weighted by atomic mass is 10.3. The number of hydrogen-bond donors (Lipinski definition) is 1. The van der Waals surface area contributed by atoms with E-state index in [1.165, 1.54) is 42.9 Å². The van der Waals surface area contributed by atoms with Gasteiger partial charge in [0.05, 0.1) is 6.26 Å². The topological polar surface area (TPSA) is 86.2 Å². The van der Waals surface area contributed by atoms with Gasteiger partial charge >= 0.3 is 11.1 Å². The molecule has 0 saturated heterocycles. The Labute approximate surface area is 134 Å². The van der Waals surface area contributed by atoms with Crippen LogP contribution >= 0.6 is 0 Å². The van der Waals surface area contributed by atoms with Crippen LogP contribution in [0, 0.1) is 5.82 Å². The van der Waals surface area contributed by atoms with Gasteiger partial charge in [0.2, 0.25) is 5.91 Å². The van der Waals surface area contributed by atoms with Crippen molar-refractivity contribution in [2.45, 2.75) is 6.54 Å². The fourth-order valence-electron chi connectivity index (χ4n) is 2.12. The number of benzene rings is 1. The summed E-state index contributed by atoms with van der Waals surface area (Å²) in [5, 5.41) is 2.45. The maximum atomic E-state index is 12.9. The van der Waals surface area contributed by atoms with Gasteiger partial charge < -0.3 is 4.42 Å². The van der Waals surface area contributed by atoms with E-state index in [1.54, 1.807) is 12.1 Å². The van der Waals surface area contributed by atoms with Crippen molar-refractivity contribution in [1.82, 2.24) is 9.13 Å². The number of carbonyl (C=O) groups excluding carboxylic acids is 1. The van der Waals surface area contributed by atoms with Crippen molar-refractivity contribution in [2.75, 3.05) is 5.32 Å². The molecular weight excluding hydrogens is 317 g/mol. The summed E-state index contributed by atoms with van der Waals surface area (Å²) in [6.45, 7) is -0.334. The molecular formula is C16H12FN3O4. The van der Waals surface area contributed by atoms with Gasteiger partial charge in [-0.25, -0.2) is 4.39 Å². The van der Waals surface area contributed by atoms with Gasteiger partial charge in [-0.2, -0.15) is 0 Å². The smallest absolute Gasteiger partial charge is 0.320 e. The Morgan fingerprint density at radius 1 is 1.08 bits per heavy atom. The second-order valence-electron chi connectivity index (χ2n) is 4.91. The number of furan rings is 1. The van der Waals surface area contributed by atoms with Crippen LogP contribution in [0.2, 0.25) is 0 Å². The molecule has 1 N–H and O–H groups in total. The number of aromatic nitrogens is 2. The van der Waals surface area contributed by atoms with Crippen LogP contribution in [0.4, 0.5) is 10.3 Å². The third kappa shape index (κ3) is 3.17. The summed E-state index contributed by atoms with van der Waals surface area (Å²) >= 11 is 0. The number of amides is 1. The Bertz CT molecular complexity index is 972. The number of nitrogens with zero attached hydrogens (tertiary/aromatic N) is 2. The highest BCUT2D eigenvalue weighted by Crippen LogP contribution is 2.07. The summed E-state index contributed by atoms with van der Waals surface area (Å²) in [5.41, 5.74) is -1.35. The molecule has 0 spiro atoms. The lowest BCUT2D eigenvalue weighted by Gasteiger charge is -2.08. The van der Waals surface area contributed by atoms with E-state index in [4.69, 9.17) is 4.42 Å². The van der Waals surface area contributed by atoms with Gasteiger partial charge in [-0.15, -0.1) is 0 Å². The van der Waals surface area contributed by atoms with Crippen LogP contribution in [-0.4, -0.2) is 15.0 Å². The van der Waals surface area contributed by atoms with Crippen molar-refractivity contribution in [3.63, 3.8) is 0 Å². The fourth-order valence-corrected chi connectivity index (χ4v) is 2.12. The van der Waals surface area contributed by atoms with E-state index in [1.807, 2.05) is 0 Å². The van der Waals surface area contributed by atoms with E-state index >= 15 is 0 Å². The predicted octanol–water partition coefficient (Wildman–Crippen LogP) is 1.37. The Morgan fingerprint density at radius 2 is 1.83 bits per heavy atom. The standard InChI is InChI=1S/C16H12FN3O4/c17-11-3-5-12(6-4-11)20-8-7-19(15(22)16(20)23)10-13(21)18-14-2-1-9-24-14/h1-9H,10H2,(H,18,21). The highest BCUT2D eigenvalue weighted by molar-refractivity contribution is 5.89. The Balaban J connectivity index is 1.85. The van der Waals surface area contributed by atoms with Crippen molar-refractivity contribution in [2.24, 2.45) is 0 Å². The summed E-state index contributed by atoms with van der Waals surface area (Å²) in [6.07, 6.45) is 4.05. The highest BCUT2D eigenvalue weighted by atomic mass is 19.1. The Morgan fingerprint density at radius 3 is 2.50 bits per heavy atom. The van der Waals surface area contributed by atoms with Crippen molar-refractivity contribution in [3.05, 3.63) is 81.6 Å². The molecule has 2 aromatic heterocycles. The molecule has 0 fully saturated rings. The minimum atomic E-state index is -0.864. The monoisotopic (exact) mass is 329 g/mol. The lowest BCUT2D eigenvalue weighted by molar-refractivity contribution is -0.116. The van der Waals surface area contributed by atoms with Gasteiger partial charge in [0.1, 0.15) is 12.4 Å². The molecule has 1 aromatic carbocycles. The lowest BCUT2D eigenvalue weighted by Crippen LogP contribution is -2.41. The average molecular weight is 329 g/mol. The second kappa shape index (κ2) is 6.37. The third-order valence-corrected chi connectivity index (χ3v) is 3.26. The number of hydrogen-bond acceptors (Lipinski definition) is 4. The molecule has 0 bridgehead atoms. The summed E-state index contributed by atoms with van der Waals surface area (Å²) < 4.78 is 20.0. The number of rotatable bonds is 4. The molecule has 0 atom stereocenters. The van der Waals surface area contributed by atoms with Crippen LogP contribution in [0.1, 0.15) is 0 Å². The molecule has 3 aromatic rings. The molecule has 24 heavy (non-hydrogen) atoms. The maximum Gasteiger partial charge on any atom is 0.320 e. The molecule has 0 radical (unpaired) electrons. The summed E-state index contributed by atoms with van der Waals surface area (Å²) in [6, 6.07) is 8.28. The normalized spacial score (nSPS) is 10.5. The molecule has 0 aliphatic rings. The molecule has 8 heteroatoms. The van der Waals surface area contributed by atoms with Gasteiger partial charge in [-0.05, 0) is 30.3 Å². The van der Waals surface area contributed by atoms with Gasteiger partial charge in [0.15, 0.2) is 5.88 Å². The molecule has 122 valence electrons. The van der Waals surface area contributed by atoms with Crippen LogP contribution in [0.15, 0.2) is 69.1 Å². The molecule has 0 unspecified atom stereocenters. The first-order valence-corrected chi connectivity index (χ1v) is 6.96.